The van der Waals surface area contributed by atoms with Crippen LogP contribution in [-0.2, 0) is 17.6 Å². The highest BCUT2D eigenvalue weighted by molar-refractivity contribution is 5.86. The summed E-state index contributed by atoms with van der Waals surface area (Å²) in [6.45, 7) is 0. The number of carbonyl (C=O) groups excluding carboxylic acids is 1. The first kappa shape index (κ1) is 9.46. The zero-order valence-electron chi connectivity index (χ0n) is 8.99. The summed E-state index contributed by atoms with van der Waals surface area (Å²) in [5.41, 5.74) is 9.11. The second-order valence-electron chi connectivity index (χ2n) is 4.47. The zero-order chi connectivity index (χ0) is 11.1. The van der Waals surface area contributed by atoms with Crippen LogP contribution < -0.4 is 5.73 Å². The summed E-state index contributed by atoms with van der Waals surface area (Å²) < 4.78 is 0. The summed E-state index contributed by atoms with van der Waals surface area (Å²) >= 11 is 0. The number of fused-ring (bicyclic) bond motifs is 3. The fraction of sp³-hybridized carbons (Fsp3) is 0.308. The Hall–Kier alpha value is -1.77. The third-order valence-corrected chi connectivity index (χ3v) is 3.50. The highest BCUT2D eigenvalue weighted by Gasteiger charge is 2.25. The molecule has 0 fully saturated rings. The number of aromatic amines is 1. The van der Waals surface area contributed by atoms with Gasteiger partial charge >= 0.3 is 0 Å². The highest BCUT2D eigenvalue weighted by atomic mass is 16.1. The molecule has 1 atom stereocenters. The van der Waals surface area contributed by atoms with Crippen LogP contribution in [0, 0.1) is 5.92 Å². The summed E-state index contributed by atoms with van der Waals surface area (Å²) in [6, 6.07) is 8.24. The Morgan fingerprint density at radius 1 is 1.38 bits per heavy atom. The van der Waals surface area contributed by atoms with E-state index in [1.165, 1.54) is 16.6 Å². The first-order chi connectivity index (χ1) is 7.75. The quantitative estimate of drug-likeness (QED) is 0.746. The molecule has 3 N–H and O–H groups in total. The molecule has 3 rings (SSSR count). The lowest BCUT2D eigenvalue weighted by molar-refractivity contribution is -0.122. The van der Waals surface area contributed by atoms with Gasteiger partial charge in [0.15, 0.2) is 0 Å². The lowest BCUT2D eigenvalue weighted by Crippen LogP contribution is -2.28. The minimum absolute atomic E-state index is 0.00621. The van der Waals surface area contributed by atoms with Gasteiger partial charge in [0.2, 0.25) is 5.91 Å². The van der Waals surface area contributed by atoms with E-state index in [2.05, 4.69) is 17.1 Å². The summed E-state index contributed by atoms with van der Waals surface area (Å²) in [4.78, 5) is 14.7. The van der Waals surface area contributed by atoms with E-state index < -0.39 is 0 Å². The fourth-order valence-electron chi connectivity index (χ4n) is 2.61. The average molecular weight is 214 g/mol. The number of primary amides is 1. The molecule has 1 aromatic heterocycles. The number of rotatable bonds is 1. The van der Waals surface area contributed by atoms with Gasteiger partial charge < -0.3 is 10.7 Å². The van der Waals surface area contributed by atoms with Gasteiger partial charge in [0.05, 0.1) is 0 Å². The van der Waals surface area contributed by atoms with E-state index in [-0.39, 0.29) is 11.8 Å². The third kappa shape index (κ3) is 1.32. The minimum Gasteiger partial charge on any atom is -0.369 e. The van der Waals surface area contributed by atoms with E-state index >= 15 is 0 Å². The molecule has 16 heavy (non-hydrogen) atoms. The van der Waals surface area contributed by atoms with E-state index in [1.807, 2.05) is 12.1 Å². The summed E-state index contributed by atoms with van der Waals surface area (Å²) in [7, 11) is 0. The monoisotopic (exact) mass is 214 g/mol. The van der Waals surface area contributed by atoms with Crippen LogP contribution >= 0.6 is 0 Å². The molecule has 3 heteroatoms. The number of hydrogen-bond donors (Lipinski definition) is 2. The first-order valence-corrected chi connectivity index (χ1v) is 5.63. The lowest BCUT2D eigenvalue weighted by atomic mass is 9.86. The van der Waals surface area contributed by atoms with Crippen molar-refractivity contribution in [1.29, 1.82) is 0 Å². The molecule has 1 aromatic carbocycles. The molecule has 1 aliphatic carbocycles. The maximum atomic E-state index is 11.2. The van der Waals surface area contributed by atoms with Gasteiger partial charge in [0, 0.05) is 22.5 Å². The van der Waals surface area contributed by atoms with Crippen molar-refractivity contribution >= 4 is 16.8 Å². The van der Waals surface area contributed by atoms with Gasteiger partial charge in [-0.3, -0.25) is 4.79 Å². The van der Waals surface area contributed by atoms with Crippen LogP contribution in [-0.4, -0.2) is 10.9 Å². The molecule has 1 amide bonds. The van der Waals surface area contributed by atoms with Crippen molar-refractivity contribution in [1.82, 2.24) is 4.98 Å². The Labute approximate surface area is 93.6 Å². The smallest absolute Gasteiger partial charge is 0.220 e. The summed E-state index contributed by atoms with van der Waals surface area (Å²) in [6.07, 6.45) is 2.58. The van der Waals surface area contributed by atoms with Crippen LogP contribution in [0.15, 0.2) is 24.3 Å². The van der Waals surface area contributed by atoms with Gasteiger partial charge in [-0.15, -0.1) is 0 Å². The maximum absolute atomic E-state index is 11.2. The Kier molecular flexibility index (Phi) is 1.99. The van der Waals surface area contributed by atoms with E-state index in [9.17, 15) is 4.79 Å². The number of para-hydroxylation sites is 1. The lowest BCUT2D eigenvalue weighted by Gasteiger charge is -2.19. The molecule has 0 radical (unpaired) electrons. The van der Waals surface area contributed by atoms with Gasteiger partial charge in [-0.2, -0.15) is 0 Å². The number of nitrogens with two attached hydrogens (primary N) is 1. The predicted octanol–water partition coefficient (Wildman–Crippen LogP) is 1.76. The number of nitrogens with one attached hydrogen (secondary N) is 1. The van der Waals surface area contributed by atoms with E-state index in [4.69, 9.17) is 5.73 Å². The highest BCUT2D eigenvalue weighted by Crippen LogP contribution is 2.31. The van der Waals surface area contributed by atoms with Crippen molar-refractivity contribution in [2.24, 2.45) is 11.7 Å². The standard InChI is InChI=1S/C13H14N2O/c14-13(16)8-5-6-12-10(7-8)9-3-1-2-4-11(9)15-12/h1-4,8,15H,5-7H2,(H2,14,16). The Morgan fingerprint density at radius 2 is 2.19 bits per heavy atom. The van der Waals surface area contributed by atoms with E-state index in [0.29, 0.717) is 0 Å². The number of aryl methyl sites for hydroxylation is 1. The molecular formula is C13H14N2O. The number of aromatic nitrogens is 1. The van der Waals surface area contributed by atoms with Crippen molar-refractivity contribution in [3.8, 4) is 0 Å². The van der Waals surface area contributed by atoms with Gasteiger partial charge in [0.25, 0.3) is 0 Å². The van der Waals surface area contributed by atoms with Gasteiger partial charge in [0.1, 0.15) is 0 Å². The number of amides is 1. The van der Waals surface area contributed by atoms with E-state index in [1.54, 1.807) is 0 Å². The SMILES string of the molecule is NC(=O)C1CCc2[nH]c3ccccc3c2C1. The predicted molar refractivity (Wildman–Crippen MR) is 63.0 cm³/mol. The van der Waals surface area contributed by atoms with Crippen LogP contribution in [0.3, 0.4) is 0 Å². The summed E-state index contributed by atoms with van der Waals surface area (Å²) in [5.74, 6) is -0.164. The minimum atomic E-state index is -0.170. The normalized spacial score (nSPS) is 19.6. The molecule has 0 saturated carbocycles. The first-order valence-electron chi connectivity index (χ1n) is 5.63. The van der Waals surface area contributed by atoms with Gasteiger partial charge in [-0.1, -0.05) is 18.2 Å². The third-order valence-electron chi connectivity index (χ3n) is 3.50. The molecule has 1 unspecified atom stereocenters. The number of carbonyl (C=O) groups is 1. The molecule has 1 aliphatic rings. The number of benzene rings is 1. The van der Waals surface area contributed by atoms with Crippen molar-refractivity contribution < 1.29 is 4.79 Å². The van der Waals surface area contributed by atoms with Crippen molar-refractivity contribution in [2.45, 2.75) is 19.3 Å². The molecule has 82 valence electrons. The molecule has 2 aromatic rings. The van der Waals surface area contributed by atoms with Crippen molar-refractivity contribution in [3.63, 3.8) is 0 Å². The molecule has 0 spiro atoms. The number of H-pyrrole nitrogens is 1. The van der Waals surface area contributed by atoms with Crippen molar-refractivity contribution in [2.75, 3.05) is 0 Å². The van der Waals surface area contributed by atoms with Crippen LogP contribution in [0.2, 0.25) is 0 Å². The van der Waals surface area contributed by atoms with Crippen molar-refractivity contribution in [3.05, 3.63) is 35.5 Å². The molecular weight excluding hydrogens is 200 g/mol. The molecule has 3 nitrogen and oxygen atoms in total. The Morgan fingerprint density at radius 3 is 3.00 bits per heavy atom. The topological polar surface area (TPSA) is 58.9 Å². The second kappa shape index (κ2) is 3.37. The molecule has 0 bridgehead atoms. The molecule has 1 heterocycles. The zero-order valence-corrected chi connectivity index (χ0v) is 8.99. The maximum Gasteiger partial charge on any atom is 0.220 e. The number of hydrogen-bond acceptors (Lipinski definition) is 1. The largest absolute Gasteiger partial charge is 0.369 e. The van der Waals surface area contributed by atoms with Crippen LogP contribution in [0.5, 0.6) is 0 Å². The fourth-order valence-corrected chi connectivity index (χ4v) is 2.61. The molecule has 0 saturated heterocycles. The average Bonchev–Trinajstić information content (AvgIpc) is 2.66. The molecule has 0 aliphatic heterocycles. The van der Waals surface area contributed by atoms with Crippen LogP contribution in [0.4, 0.5) is 0 Å². The van der Waals surface area contributed by atoms with Gasteiger partial charge in [-0.05, 0) is 30.9 Å². The van der Waals surface area contributed by atoms with E-state index in [0.717, 1.165) is 24.8 Å². The Balaban J connectivity index is 2.11. The van der Waals surface area contributed by atoms with Gasteiger partial charge in [-0.25, -0.2) is 0 Å². The Bertz CT molecular complexity index is 556. The summed E-state index contributed by atoms with van der Waals surface area (Å²) in [5, 5.41) is 1.24. The second-order valence-corrected chi connectivity index (χ2v) is 4.47. The van der Waals surface area contributed by atoms with Crippen LogP contribution in [0.1, 0.15) is 17.7 Å². The van der Waals surface area contributed by atoms with Crippen LogP contribution in [0.25, 0.3) is 10.9 Å².